The number of rotatable bonds is 6. The summed E-state index contributed by atoms with van der Waals surface area (Å²) in [7, 11) is -1.68. The van der Waals surface area contributed by atoms with Crippen LogP contribution in [0, 0.1) is 0 Å². The zero-order chi connectivity index (χ0) is 20.3. The summed E-state index contributed by atoms with van der Waals surface area (Å²) >= 11 is 12.9. The molecule has 1 aromatic heterocycles. The van der Waals surface area contributed by atoms with Crippen molar-refractivity contribution in [3.05, 3.63) is 51.3 Å². The van der Waals surface area contributed by atoms with Crippen LogP contribution in [0.2, 0.25) is 9.36 Å². The molecule has 1 aliphatic rings. The van der Waals surface area contributed by atoms with E-state index in [0.717, 1.165) is 16.9 Å². The maximum atomic E-state index is 12.6. The van der Waals surface area contributed by atoms with Crippen molar-refractivity contribution < 1.29 is 13.2 Å². The standard InChI is InChI=1S/C18H21Cl2N3O3S2/c1-21(12-14-3-2-4-15(19)11-14)13-17(24)22-7-9-23(10-8-22)28(25,26)18-6-5-16(20)27-18/h2-6,11H,7-10,12-13H2,1H3. The van der Waals surface area contributed by atoms with Gasteiger partial charge in [0.1, 0.15) is 4.21 Å². The first-order chi connectivity index (χ1) is 13.3. The van der Waals surface area contributed by atoms with Crippen LogP contribution in [0.15, 0.2) is 40.6 Å². The number of halogens is 2. The van der Waals surface area contributed by atoms with Crippen LogP contribution in [0.25, 0.3) is 0 Å². The molecule has 0 atom stereocenters. The van der Waals surface area contributed by atoms with Gasteiger partial charge >= 0.3 is 0 Å². The summed E-state index contributed by atoms with van der Waals surface area (Å²) in [6.45, 7) is 2.19. The van der Waals surface area contributed by atoms with E-state index < -0.39 is 10.0 Å². The van der Waals surface area contributed by atoms with E-state index in [1.54, 1.807) is 11.0 Å². The number of benzene rings is 1. The van der Waals surface area contributed by atoms with Gasteiger partial charge in [0.25, 0.3) is 10.0 Å². The van der Waals surface area contributed by atoms with Crippen LogP contribution in [0.5, 0.6) is 0 Å². The second kappa shape index (κ2) is 9.11. The molecule has 0 unspecified atom stereocenters. The molecule has 1 aromatic carbocycles. The minimum atomic E-state index is -3.55. The van der Waals surface area contributed by atoms with Gasteiger partial charge in [0.2, 0.25) is 5.91 Å². The summed E-state index contributed by atoms with van der Waals surface area (Å²) in [5.74, 6) is -0.0132. The lowest BCUT2D eigenvalue weighted by Crippen LogP contribution is -2.52. The minimum absolute atomic E-state index is 0.0132. The molecule has 6 nitrogen and oxygen atoms in total. The first kappa shape index (κ1) is 21.5. The highest BCUT2D eigenvalue weighted by atomic mass is 35.5. The van der Waals surface area contributed by atoms with E-state index in [-0.39, 0.29) is 29.8 Å². The van der Waals surface area contributed by atoms with Gasteiger partial charge in [0, 0.05) is 37.7 Å². The summed E-state index contributed by atoms with van der Waals surface area (Å²) in [4.78, 5) is 16.2. The Morgan fingerprint density at radius 3 is 2.46 bits per heavy atom. The Morgan fingerprint density at radius 2 is 1.86 bits per heavy atom. The molecule has 1 aliphatic heterocycles. The first-order valence-corrected chi connectivity index (χ1v) is 11.7. The number of hydrogen-bond donors (Lipinski definition) is 0. The van der Waals surface area contributed by atoms with Gasteiger partial charge in [0.15, 0.2) is 0 Å². The molecule has 152 valence electrons. The van der Waals surface area contributed by atoms with Gasteiger partial charge in [-0.2, -0.15) is 4.31 Å². The van der Waals surface area contributed by atoms with Gasteiger partial charge in [-0.3, -0.25) is 9.69 Å². The lowest BCUT2D eigenvalue weighted by Gasteiger charge is -2.34. The number of piperazine rings is 1. The Kier molecular flexibility index (Phi) is 7.01. The second-order valence-electron chi connectivity index (χ2n) is 6.65. The maximum absolute atomic E-state index is 12.6. The quantitative estimate of drug-likeness (QED) is 0.662. The highest BCUT2D eigenvalue weighted by molar-refractivity contribution is 7.91. The second-order valence-corrected chi connectivity index (χ2v) is 11.0. The van der Waals surface area contributed by atoms with Gasteiger partial charge in [0.05, 0.1) is 10.9 Å². The van der Waals surface area contributed by atoms with Crippen molar-refractivity contribution in [2.24, 2.45) is 0 Å². The van der Waals surface area contributed by atoms with E-state index in [1.807, 2.05) is 36.2 Å². The molecule has 0 aliphatic carbocycles. The molecular weight excluding hydrogens is 441 g/mol. The lowest BCUT2D eigenvalue weighted by molar-refractivity contribution is -0.133. The molecule has 1 fully saturated rings. The maximum Gasteiger partial charge on any atom is 0.252 e. The Labute approximate surface area is 179 Å². The number of carbonyl (C=O) groups is 1. The Morgan fingerprint density at radius 1 is 1.14 bits per heavy atom. The molecule has 28 heavy (non-hydrogen) atoms. The smallest absolute Gasteiger partial charge is 0.252 e. The predicted octanol–water partition coefficient (Wildman–Crippen LogP) is 3.02. The molecule has 1 saturated heterocycles. The first-order valence-electron chi connectivity index (χ1n) is 8.72. The van der Waals surface area contributed by atoms with E-state index in [0.29, 0.717) is 29.0 Å². The van der Waals surface area contributed by atoms with Gasteiger partial charge in [-0.25, -0.2) is 8.42 Å². The molecule has 0 bridgehead atoms. The Hall–Kier alpha value is -1.16. The molecule has 1 amide bonds. The number of likely N-dealkylation sites (N-methyl/N-ethyl adjacent to an activating group) is 1. The van der Waals surface area contributed by atoms with Crippen LogP contribution in [0.1, 0.15) is 5.56 Å². The fourth-order valence-electron chi connectivity index (χ4n) is 3.08. The van der Waals surface area contributed by atoms with E-state index in [2.05, 4.69) is 0 Å². The van der Waals surface area contributed by atoms with Crippen molar-refractivity contribution in [3.63, 3.8) is 0 Å². The Balaban J connectivity index is 1.52. The average molecular weight is 462 g/mol. The average Bonchev–Trinajstić information content (AvgIpc) is 3.09. The predicted molar refractivity (Wildman–Crippen MR) is 112 cm³/mol. The van der Waals surface area contributed by atoms with E-state index in [1.165, 1.54) is 10.4 Å². The number of sulfonamides is 1. The normalized spacial score (nSPS) is 15.9. The summed E-state index contributed by atoms with van der Waals surface area (Å²) in [5, 5.41) is 0.668. The number of hydrogen-bond acceptors (Lipinski definition) is 5. The molecular formula is C18H21Cl2N3O3S2. The summed E-state index contributed by atoms with van der Waals surface area (Å²) in [6, 6.07) is 10.6. The lowest BCUT2D eigenvalue weighted by atomic mass is 10.2. The van der Waals surface area contributed by atoms with Crippen molar-refractivity contribution >= 4 is 50.5 Å². The number of nitrogens with zero attached hydrogens (tertiary/aromatic N) is 3. The zero-order valence-electron chi connectivity index (χ0n) is 15.3. The van der Waals surface area contributed by atoms with E-state index in [4.69, 9.17) is 23.2 Å². The third-order valence-electron chi connectivity index (χ3n) is 4.48. The van der Waals surface area contributed by atoms with Crippen LogP contribution < -0.4 is 0 Å². The minimum Gasteiger partial charge on any atom is -0.339 e. The van der Waals surface area contributed by atoms with Crippen molar-refractivity contribution in [2.45, 2.75) is 10.8 Å². The van der Waals surface area contributed by atoms with Crippen LogP contribution in [0.4, 0.5) is 0 Å². The highest BCUT2D eigenvalue weighted by Gasteiger charge is 2.31. The van der Waals surface area contributed by atoms with Crippen molar-refractivity contribution in [1.82, 2.24) is 14.1 Å². The third-order valence-corrected chi connectivity index (χ3v) is 8.31. The van der Waals surface area contributed by atoms with E-state index >= 15 is 0 Å². The van der Waals surface area contributed by atoms with Gasteiger partial charge < -0.3 is 4.90 Å². The topological polar surface area (TPSA) is 60.9 Å². The number of amides is 1. The summed E-state index contributed by atoms with van der Waals surface area (Å²) in [5.41, 5.74) is 1.04. The molecule has 10 heteroatoms. The molecule has 3 rings (SSSR count). The highest BCUT2D eigenvalue weighted by Crippen LogP contribution is 2.28. The largest absolute Gasteiger partial charge is 0.339 e. The van der Waals surface area contributed by atoms with Gasteiger partial charge in [-0.1, -0.05) is 35.3 Å². The Bertz CT molecular complexity index is 941. The summed E-state index contributed by atoms with van der Waals surface area (Å²) < 4.78 is 27.4. The molecule has 0 saturated carbocycles. The summed E-state index contributed by atoms with van der Waals surface area (Å²) in [6.07, 6.45) is 0. The fourth-order valence-corrected chi connectivity index (χ4v) is 6.35. The molecule has 0 radical (unpaired) electrons. The molecule has 0 N–H and O–H groups in total. The van der Waals surface area contributed by atoms with Gasteiger partial charge in [-0.15, -0.1) is 11.3 Å². The molecule has 0 spiro atoms. The van der Waals surface area contributed by atoms with Crippen LogP contribution in [-0.2, 0) is 21.4 Å². The van der Waals surface area contributed by atoms with Crippen LogP contribution in [0.3, 0.4) is 0 Å². The number of thiophene rings is 1. The van der Waals surface area contributed by atoms with Gasteiger partial charge in [-0.05, 0) is 36.9 Å². The zero-order valence-corrected chi connectivity index (χ0v) is 18.5. The van der Waals surface area contributed by atoms with Crippen LogP contribution in [-0.4, -0.2) is 68.2 Å². The van der Waals surface area contributed by atoms with E-state index in [9.17, 15) is 13.2 Å². The SMILES string of the molecule is CN(CC(=O)N1CCN(S(=O)(=O)c2ccc(Cl)s2)CC1)Cc1cccc(Cl)c1. The van der Waals surface area contributed by atoms with Crippen LogP contribution >= 0.6 is 34.5 Å². The molecule has 2 heterocycles. The van der Waals surface area contributed by atoms with Crippen molar-refractivity contribution in [2.75, 3.05) is 39.8 Å². The fraction of sp³-hybridized carbons (Fsp3) is 0.389. The van der Waals surface area contributed by atoms with Crippen molar-refractivity contribution in [1.29, 1.82) is 0 Å². The molecule has 2 aromatic rings. The van der Waals surface area contributed by atoms with Crippen molar-refractivity contribution in [3.8, 4) is 0 Å². The third kappa shape index (κ3) is 5.25. The number of carbonyl (C=O) groups excluding carboxylic acids is 1. The monoisotopic (exact) mass is 461 g/mol.